The molecule has 0 fully saturated rings. The van der Waals surface area contributed by atoms with E-state index in [0.717, 1.165) is 21.3 Å². The second kappa shape index (κ2) is 10.3. The minimum absolute atomic E-state index is 0.0922. The zero-order valence-electron chi connectivity index (χ0n) is 16.7. The van der Waals surface area contributed by atoms with Crippen molar-refractivity contribution in [1.82, 2.24) is 14.8 Å². The maximum absolute atomic E-state index is 12.6. The summed E-state index contributed by atoms with van der Waals surface area (Å²) in [5.74, 6) is 1.14. The maximum atomic E-state index is 12.6. The van der Waals surface area contributed by atoms with Crippen molar-refractivity contribution in [1.29, 1.82) is 0 Å². The minimum atomic E-state index is -0.0922. The Morgan fingerprint density at radius 1 is 1.27 bits per heavy atom. The van der Waals surface area contributed by atoms with Gasteiger partial charge in [0.2, 0.25) is 5.91 Å². The number of amides is 1. The van der Waals surface area contributed by atoms with Gasteiger partial charge in [0, 0.05) is 27.3 Å². The van der Waals surface area contributed by atoms with E-state index in [1.807, 2.05) is 47.0 Å². The number of hydrogen-bond donors (Lipinski definition) is 1. The highest BCUT2D eigenvalue weighted by Gasteiger charge is 2.16. The molecule has 1 aromatic heterocycles. The first-order valence-electron chi connectivity index (χ1n) is 9.41. The van der Waals surface area contributed by atoms with Gasteiger partial charge in [-0.25, -0.2) is 0 Å². The normalized spacial score (nSPS) is 11.0. The largest absolute Gasteiger partial charge is 0.325 e. The molecule has 3 rings (SSSR count). The molecule has 0 saturated heterocycles. The molecule has 0 radical (unpaired) electrons. The highest BCUT2D eigenvalue weighted by Crippen LogP contribution is 2.29. The van der Waals surface area contributed by atoms with E-state index in [1.165, 1.54) is 11.8 Å². The predicted molar refractivity (Wildman–Crippen MR) is 128 cm³/mol. The summed E-state index contributed by atoms with van der Waals surface area (Å²) >= 11 is 10.8. The summed E-state index contributed by atoms with van der Waals surface area (Å²) in [5, 5.41) is 12.9. The van der Waals surface area contributed by atoms with Crippen molar-refractivity contribution in [3.63, 3.8) is 0 Å². The first kappa shape index (κ1) is 22.6. The number of carbonyl (C=O) groups excluding carboxylic acids is 1. The zero-order valence-corrected chi connectivity index (χ0v) is 19.9. The number of anilines is 1. The standard InChI is InChI=1S/C22H22BrClN4OS/c1-4-11-28-21(15-5-8-17(24)9-6-15)26-27-22(28)30-13-20(29)25-19-10-7-16(23)12-18(19)14(2)3/h4-10,12,14H,1,11,13H2,2-3H3,(H,25,29). The first-order chi connectivity index (χ1) is 14.4. The summed E-state index contributed by atoms with van der Waals surface area (Å²) in [6.45, 7) is 8.56. The van der Waals surface area contributed by atoms with Crippen LogP contribution in [0.15, 0.2) is 64.7 Å². The third-order valence-corrected chi connectivity index (χ3v) is 6.08. The number of halogens is 2. The Hall–Kier alpha value is -2.09. The summed E-state index contributed by atoms with van der Waals surface area (Å²) in [4.78, 5) is 12.6. The molecule has 0 atom stereocenters. The summed E-state index contributed by atoms with van der Waals surface area (Å²) < 4.78 is 2.93. The summed E-state index contributed by atoms with van der Waals surface area (Å²) in [5.41, 5.74) is 2.82. The number of aromatic nitrogens is 3. The van der Waals surface area contributed by atoms with Crippen LogP contribution in [0.2, 0.25) is 5.02 Å². The van der Waals surface area contributed by atoms with Gasteiger partial charge >= 0.3 is 0 Å². The molecule has 156 valence electrons. The van der Waals surface area contributed by atoms with E-state index in [1.54, 1.807) is 6.08 Å². The third-order valence-electron chi connectivity index (χ3n) is 4.37. The van der Waals surface area contributed by atoms with Gasteiger partial charge in [-0.15, -0.1) is 16.8 Å². The second-order valence-electron chi connectivity index (χ2n) is 6.94. The molecule has 0 spiro atoms. The molecule has 0 saturated carbocycles. The van der Waals surface area contributed by atoms with Crippen molar-refractivity contribution >= 4 is 50.9 Å². The van der Waals surface area contributed by atoms with Crippen LogP contribution in [-0.2, 0) is 11.3 Å². The van der Waals surface area contributed by atoms with E-state index in [2.05, 4.69) is 51.9 Å². The Bertz CT molecular complexity index is 1050. The minimum Gasteiger partial charge on any atom is -0.325 e. The fraction of sp³-hybridized carbons (Fsp3) is 0.227. The first-order valence-corrected chi connectivity index (χ1v) is 11.6. The van der Waals surface area contributed by atoms with E-state index >= 15 is 0 Å². The number of benzene rings is 2. The van der Waals surface area contributed by atoms with Crippen molar-refractivity contribution in [2.75, 3.05) is 11.1 Å². The fourth-order valence-electron chi connectivity index (χ4n) is 2.94. The molecule has 1 amide bonds. The number of hydrogen-bond acceptors (Lipinski definition) is 4. The summed E-state index contributed by atoms with van der Waals surface area (Å²) in [6.07, 6.45) is 1.78. The quantitative estimate of drug-likeness (QED) is 0.284. The van der Waals surface area contributed by atoms with Gasteiger partial charge in [-0.2, -0.15) is 0 Å². The van der Waals surface area contributed by atoms with Gasteiger partial charge in [-0.05, 0) is 53.9 Å². The lowest BCUT2D eigenvalue weighted by Crippen LogP contribution is -2.16. The van der Waals surface area contributed by atoms with E-state index in [-0.39, 0.29) is 11.7 Å². The number of nitrogens with zero attached hydrogens (tertiary/aromatic N) is 3. The molecule has 0 aliphatic rings. The summed E-state index contributed by atoms with van der Waals surface area (Å²) in [7, 11) is 0. The van der Waals surface area contributed by atoms with Gasteiger partial charge in [-0.1, -0.05) is 59.2 Å². The molecular formula is C22H22BrClN4OS. The van der Waals surface area contributed by atoms with Crippen LogP contribution in [0.1, 0.15) is 25.3 Å². The number of nitrogens with one attached hydrogen (secondary N) is 1. The highest BCUT2D eigenvalue weighted by atomic mass is 79.9. The Morgan fingerprint density at radius 3 is 2.67 bits per heavy atom. The second-order valence-corrected chi connectivity index (χ2v) is 9.23. The molecule has 0 aliphatic heterocycles. The molecular weight excluding hydrogens is 484 g/mol. The smallest absolute Gasteiger partial charge is 0.234 e. The molecule has 0 aliphatic carbocycles. The van der Waals surface area contributed by atoms with E-state index in [4.69, 9.17) is 11.6 Å². The molecule has 1 N–H and O–H groups in total. The van der Waals surface area contributed by atoms with Gasteiger partial charge in [-0.3, -0.25) is 9.36 Å². The lowest BCUT2D eigenvalue weighted by atomic mass is 10.0. The van der Waals surface area contributed by atoms with Crippen LogP contribution in [0, 0.1) is 0 Å². The Balaban J connectivity index is 1.73. The molecule has 30 heavy (non-hydrogen) atoms. The van der Waals surface area contributed by atoms with Crippen LogP contribution < -0.4 is 5.32 Å². The maximum Gasteiger partial charge on any atom is 0.234 e. The van der Waals surface area contributed by atoms with Crippen molar-refractivity contribution in [3.05, 3.63) is 70.2 Å². The van der Waals surface area contributed by atoms with Gasteiger partial charge in [0.05, 0.1) is 5.75 Å². The van der Waals surface area contributed by atoms with Crippen LogP contribution in [0.25, 0.3) is 11.4 Å². The predicted octanol–water partition coefficient (Wildman–Crippen LogP) is 6.40. The van der Waals surface area contributed by atoms with Crippen molar-refractivity contribution in [3.8, 4) is 11.4 Å². The van der Waals surface area contributed by atoms with E-state index < -0.39 is 0 Å². The lowest BCUT2D eigenvalue weighted by molar-refractivity contribution is -0.113. The van der Waals surface area contributed by atoms with Crippen LogP contribution in [0.4, 0.5) is 5.69 Å². The zero-order chi connectivity index (χ0) is 21.7. The van der Waals surface area contributed by atoms with Gasteiger partial charge in [0.25, 0.3) is 0 Å². The van der Waals surface area contributed by atoms with Gasteiger partial charge in [0.15, 0.2) is 11.0 Å². The lowest BCUT2D eigenvalue weighted by Gasteiger charge is -2.14. The van der Waals surface area contributed by atoms with E-state index in [0.29, 0.717) is 28.5 Å². The molecule has 1 heterocycles. The number of thioether (sulfide) groups is 1. The van der Waals surface area contributed by atoms with Crippen LogP contribution >= 0.6 is 39.3 Å². The van der Waals surface area contributed by atoms with Crippen molar-refractivity contribution in [2.45, 2.75) is 31.5 Å². The van der Waals surface area contributed by atoms with Crippen LogP contribution in [0.3, 0.4) is 0 Å². The molecule has 3 aromatic rings. The average Bonchev–Trinajstić information content (AvgIpc) is 3.11. The van der Waals surface area contributed by atoms with Crippen LogP contribution in [-0.4, -0.2) is 26.4 Å². The van der Waals surface area contributed by atoms with E-state index in [9.17, 15) is 4.79 Å². The fourth-order valence-corrected chi connectivity index (χ4v) is 4.20. The molecule has 2 aromatic carbocycles. The number of rotatable bonds is 8. The van der Waals surface area contributed by atoms with Crippen LogP contribution in [0.5, 0.6) is 0 Å². The monoisotopic (exact) mass is 504 g/mol. The van der Waals surface area contributed by atoms with Gasteiger partial charge < -0.3 is 5.32 Å². The molecule has 0 unspecified atom stereocenters. The molecule has 5 nitrogen and oxygen atoms in total. The third kappa shape index (κ3) is 5.53. The molecule has 0 bridgehead atoms. The van der Waals surface area contributed by atoms with Crippen molar-refractivity contribution < 1.29 is 4.79 Å². The highest BCUT2D eigenvalue weighted by molar-refractivity contribution is 9.10. The SMILES string of the molecule is C=CCn1c(SCC(=O)Nc2ccc(Br)cc2C(C)C)nnc1-c1ccc(Cl)cc1. The molecule has 8 heteroatoms. The topological polar surface area (TPSA) is 59.8 Å². The number of carbonyl (C=O) groups is 1. The van der Waals surface area contributed by atoms with Gasteiger partial charge in [0.1, 0.15) is 0 Å². The van der Waals surface area contributed by atoms with Crippen molar-refractivity contribution in [2.24, 2.45) is 0 Å². The average molecular weight is 506 g/mol. The summed E-state index contributed by atoms with van der Waals surface area (Å²) in [6, 6.07) is 13.3. The Kier molecular flexibility index (Phi) is 7.75. The Labute approximate surface area is 194 Å². The Morgan fingerprint density at radius 2 is 2.00 bits per heavy atom. The number of allylic oxidation sites excluding steroid dienone is 1.